The van der Waals surface area contributed by atoms with E-state index in [-0.39, 0.29) is 30.1 Å². The largest absolute Gasteiger partial charge is 0.444 e. The van der Waals surface area contributed by atoms with Gasteiger partial charge in [-0.05, 0) is 40.5 Å². The number of carbonyl (C=O) groups is 1. The second-order valence-electron chi connectivity index (χ2n) is 6.33. The van der Waals surface area contributed by atoms with Gasteiger partial charge < -0.3 is 19.9 Å². The van der Waals surface area contributed by atoms with Gasteiger partial charge in [-0.1, -0.05) is 0 Å². The van der Waals surface area contributed by atoms with Crippen molar-refractivity contribution in [1.29, 1.82) is 0 Å². The van der Waals surface area contributed by atoms with E-state index in [9.17, 15) is 4.79 Å². The van der Waals surface area contributed by atoms with Crippen LogP contribution < -0.4 is 5.32 Å². The van der Waals surface area contributed by atoms with Crippen molar-refractivity contribution in [3.8, 4) is 0 Å². The van der Waals surface area contributed by atoms with Gasteiger partial charge in [0.1, 0.15) is 5.60 Å². The third kappa shape index (κ3) is 8.05. The Morgan fingerprint density at radius 3 is 2.41 bits per heavy atom. The predicted octanol–water partition coefficient (Wildman–Crippen LogP) is 2.53. The Morgan fingerprint density at radius 2 is 1.91 bits per heavy atom. The molecule has 1 N–H and O–H groups in total. The van der Waals surface area contributed by atoms with Crippen molar-refractivity contribution in [2.24, 2.45) is 4.99 Å². The summed E-state index contributed by atoms with van der Waals surface area (Å²) in [4.78, 5) is 20.3. The van der Waals surface area contributed by atoms with E-state index in [2.05, 4.69) is 22.1 Å². The Hall–Kier alpha value is -0.730. The number of aliphatic imine (C=N–C) groups is 1. The molecule has 0 aliphatic carbocycles. The minimum absolute atomic E-state index is 0. The van der Waals surface area contributed by atoms with Crippen molar-refractivity contribution in [1.82, 2.24) is 15.1 Å². The van der Waals surface area contributed by atoms with E-state index in [4.69, 9.17) is 4.74 Å². The zero-order valence-corrected chi connectivity index (χ0v) is 16.8. The van der Waals surface area contributed by atoms with Crippen LogP contribution in [0.2, 0.25) is 0 Å². The molecule has 0 spiro atoms. The highest BCUT2D eigenvalue weighted by atomic mass is 127. The van der Waals surface area contributed by atoms with E-state index >= 15 is 0 Å². The highest BCUT2D eigenvalue weighted by Gasteiger charge is 2.19. The number of halogens is 1. The number of likely N-dealkylation sites (N-methyl/N-ethyl adjacent to an activating group) is 1. The number of nitrogens with one attached hydrogen (secondary N) is 1. The highest BCUT2D eigenvalue weighted by molar-refractivity contribution is 14.0. The molecule has 1 heterocycles. The third-order valence-corrected chi connectivity index (χ3v) is 3.14. The second-order valence-corrected chi connectivity index (χ2v) is 6.33. The Balaban J connectivity index is 0.00000441. The first kappa shape index (κ1) is 21.3. The fraction of sp³-hybridized carbons (Fsp3) is 0.867. The van der Waals surface area contributed by atoms with Crippen LogP contribution >= 0.6 is 24.0 Å². The van der Waals surface area contributed by atoms with E-state index < -0.39 is 5.60 Å². The van der Waals surface area contributed by atoms with Gasteiger partial charge in [0.2, 0.25) is 0 Å². The summed E-state index contributed by atoms with van der Waals surface area (Å²) in [5.41, 5.74) is -0.459. The van der Waals surface area contributed by atoms with Gasteiger partial charge >= 0.3 is 6.09 Å². The molecule has 130 valence electrons. The molecule has 22 heavy (non-hydrogen) atoms. The molecular weight excluding hydrogens is 395 g/mol. The van der Waals surface area contributed by atoms with Crippen LogP contribution in [0.4, 0.5) is 4.79 Å². The van der Waals surface area contributed by atoms with Gasteiger partial charge in [0.05, 0.1) is 6.54 Å². The first-order valence-corrected chi connectivity index (χ1v) is 7.81. The second kappa shape index (κ2) is 10.1. The number of guanidine groups is 1. The summed E-state index contributed by atoms with van der Waals surface area (Å²) in [7, 11) is 1.74. The van der Waals surface area contributed by atoms with Crippen LogP contribution in [0.1, 0.15) is 40.5 Å². The number of carbonyl (C=O) groups excluding carboxylic acids is 1. The van der Waals surface area contributed by atoms with Crippen LogP contribution in [0.5, 0.6) is 0 Å². The maximum atomic E-state index is 11.8. The van der Waals surface area contributed by atoms with Crippen LogP contribution in [-0.4, -0.2) is 67.2 Å². The minimum Gasteiger partial charge on any atom is -0.444 e. The van der Waals surface area contributed by atoms with Gasteiger partial charge in [0.15, 0.2) is 5.96 Å². The first-order valence-electron chi connectivity index (χ1n) is 7.81. The molecule has 0 aromatic heterocycles. The molecule has 1 fully saturated rings. The molecule has 1 aliphatic heterocycles. The van der Waals surface area contributed by atoms with Crippen molar-refractivity contribution < 1.29 is 9.53 Å². The molecule has 0 radical (unpaired) electrons. The maximum Gasteiger partial charge on any atom is 0.410 e. The summed E-state index contributed by atoms with van der Waals surface area (Å²) in [6, 6.07) is 0. The number of hydrogen-bond acceptors (Lipinski definition) is 3. The number of ether oxygens (including phenoxy) is 1. The lowest BCUT2D eigenvalue weighted by Gasteiger charge is -2.25. The van der Waals surface area contributed by atoms with Crippen LogP contribution in [-0.2, 0) is 4.74 Å². The molecule has 1 rings (SSSR count). The van der Waals surface area contributed by atoms with Crippen molar-refractivity contribution in [2.75, 3.05) is 39.8 Å². The van der Waals surface area contributed by atoms with Gasteiger partial charge in [-0.15, -0.1) is 24.0 Å². The van der Waals surface area contributed by atoms with Gasteiger partial charge in [-0.2, -0.15) is 0 Å². The lowest BCUT2D eigenvalue weighted by Crippen LogP contribution is -2.40. The Kier molecular flexibility index (Phi) is 9.79. The molecule has 0 atom stereocenters. The quantitative estimate of drug-likeness (QED) is 0.427. The average Bonchev–Trinajstić information content (AvgIpc) is 2.89. The number of likely N-dealkylation sites (tertiary alicyclic amines) is 1. The number of hydrogen-bond donors (Lipinski definition) is 1. The summed E-state index contributed by atoms with van der Waals surface area (Å²) in [6.45, 7) is 11.8. The Morgan fingerprint density at radius 1 is 1.32 bits per heavy atom. The van der Waals surface area contributed by atoms with Crippen molar-refractivity contribution >= 4 is 36.0 Å². The minimum atomic E-state index is -0.459. The average molecular weight is 426 g/mol. The summed E-state index contributed by atoms with van der Waals surface area (Å²) in [5.74, 6) is 0.951. The van der Waals surface area contributed by atoms with E-state index in [1.807, 2.05) is 20.8 Å². The van der Waals surface area contributed by atoms with Crippen molar-refractivity contribution in [3.05, 3.63) is 0 Å². The summed E-state index contributed by atoms with van der Waals surface area (Å²) < 4.78 is 5.32. The van der Waals surface area contributed by atoms with E-state index in [1.165, 1.54) is 12.8 Å². The lowest BCUT2D eigenvalue weighted by atomic mass is 10.2. The van der Waals surface area contributed by atoms with Crippen LogP contribution in [0.25, 0.3) is 0 Å². The summed E-state index contributed by atoms with van der Waals surface area (Å²) in [5, 5.41) is 3.31. The number of amides is 1. The summed E-state index contributed by atoms with van der Waals surface area (Å²) >= 11 is 0. The Bertz CT molecular complexity index is 363. The topological polar surface area (TPSA) is 57.2 Å². The number of nitrogens with zero attached hydrogens (tertiary/aromatic N) is 3. The zero-order valence-electron chi connectivity index (χ0n) is 14.5. The van der Waals surface area contributed by atoms with Gasteiger partial charge in [-0.3, -0.25) is 4.99 Å². The molecule has 0 bridgehead atoms. The SMILES string of the molecule is CCNC(=NCCN(C)C(=O)OC(C)(C)C)N1CCCC1.I. The van der Waals surface area contributed by atoms with Crippen LogP contribution in [0.15, 0.2) is 4.99 Å². The van der Waals surface area contributed by atoms with Crippen molar-refractivity contribution in [3.63, 3.8) is 0 Å². The van der Waals surface area contributed by atoms with Crippen LogP contribution in [0, 0.1) is 0 Å². The van der Waals surface area contributed by atoms with E-state index in [0.717, 1.165) is 25.6 Å². The van der Waals surface area contributed by atoms with E-state index in [1.54, 1.807) is 11.9 Å². The predicted molar refractivity (Wildman–Crippen MR) is 101 cm³/mol. The molecular formula is C15H31IN4O2. The molecule has 0 unspecified atom stereocenters. The molecule has 1 saturated heterocycles. The van der Waals surface area contributed by atoms with Crippen molar-refractivity contribution in [2.45, 2.75) is 46.1 Å². The smallest absolute Gasteiger partial charge is 0.410 e. The molecule has 0 aromatic rings. The van der Waals surface area contributed by atoms with Gasteiger partial charge in [0, 0.05) is 33.2 Å². The molecule has 6 nitrogen and oxygen atoms in total. The monoisotopic (exact) mass is 426 g/mol. The van der Waals surface area contributed by atoms with E-state index in [0.29, 0.717) is 13.1 Å². The number of rotatable bonds is 4. The third-order valence-electron chi connectivity index (χ3n) is 3.14. The summed E-state index contributed by atoms with van der Waals surface area (Å²) in [6.07, 6.45) is 2.15. The standard InChI is InChI=1S/C15H30N4O2.HI/c1-6-16-13(19-10-7-8-11-19)17-9-12-18(5)14(20)21-15(2,3)4;/h6-12H2,1-5H3,(H,16,17);1H. The molecule has 0 aromatic carbocycles. The zero-order chi connectivity index (χ0) is 15.9. The molecule has 0 saturated carbocycles. The maximum absolute atomic E-state index is 11.8. The molecule has 1 amide bonds. The van der Waals surface area contributed by atoms with Gasteiger partial charge in [0.25, 0.3) is 0 Å². The van der Waals surface area contributed by atoms with Crippen LogP contribution in [0.3, 0.4) is 0 Å². The Labute approximate surface area is 151 Å². The fourth-order valence-corrected chi connectivity index (χ4v) is 2.09. The molecule has 1 aliphatic rings. The van der Waals surface area contributed by atoms with Gasteiger partial charge in [-0.25, -0.2) is 4.79 Å². The first-order chi connectivity index (χ1) is 9.83. The fourth-order valence-electron chi connectivity index (χ4n) is 2.09. The highest BCUT2D eigenvalue weighted by Crippen LogP contribution is 2.09. The normalized spacial score (nSPS) is 15.3. The lowest BCUT2D eigenvalue weighted by molar-refractivity contribution is 0.0304. The molecule has 7 heteroatoms.